The van der Waals surface area contributed by atoms with Crippen molar-refractivity contribution in [2.75, 3.05) is 53.6 Å². The Kier molecular flexibility index (Phi) is 11.2. The second kappa shape index (κ2) is 14.8. The topological polar surface area (TPSA) is 80.3 Å². The van der Waals surface area contributed by atoms with Crippen molar-refractivity contribution in [1.82, 2.24) is 15.1 Å². The lowest BCUT2D eigenvalue weighted by atomic mass is 9.93. The van der Waals surface area contributed by atoms with E-state index < -0.39 is 6.10 Å². The lowest BCUT2D eigenvalue weighted by molar-refractivity contribution is -0.143. The van der Waals surface area contributed by atoms with Gasteiger partial charge in [0.25, 0.3) is 11.8 Å². The van der Waals surface area contributed by atoms with Gasteiger partial charge in [-0.25, -0.2) is 0 Å². The quantitative estimate of drug-likeness (QED) is 0.321. The van der Waals surface area contributed by atoms with Gasteiger partial charge >= 0.3 is 0 Å². The summed E-state index contributed by atoms with van der Waals surface area (Å²) < 4.78 is 16.8. The highest BCUT2D eigenvalue weighted by molar-refractivity contribution is 5.95. The van der Waals surface area contributed by atoms with Crippen molar-refractivity contribution >= 4 is 11.8 Å². The van der Waals surface area contributed by atoms with Crippen LogP contribution in [0.15, 0.2) is 48.5 Å². The molecule has 1 unspecified atom stereocenters. The normalized spacial score (nSPS) is 19.3. The second-order valence-corrected chi connectivity index (χ2v) is 11.7. The van der Waals surface area contributed by atoms with Gasteiger partial charge in [-0.3, -0.25) is 9.59 Å². The number of hydrogen-bond acceptors (Lipinski definition) is 6. The molecule has 1 saturated heterocycles. The third-order valence-corrected chi connectivity index (χ3v) is 8.24. The number of nitrogens with zero attached hydrogens (tertiary/aromatic N) is 2. The lowest BCUT2D eigenvalue weighted by Gasteiger charge is -2.34. The summed E-state index contributed by atoms with van der Waals surface area (Å²) in [6.07, 6.45) is 2.24. The smallest absolute Gasteiger partial charge is 0.256 e. The number of hydrogen-bond donors (Lipinski definition) is 1. The van der Waals surface area contributed by atoms with E-state index in [1.54, 1.807) is 14.2 Å². The molecule has 8 heteroatoms. The zero-order valence-corrected chi connectivity index (χ0v) is 25.3. The van der Waals surface area contributed by atoms with Crippen LogP contribution in [0.1, 0.15) is 60.7 Å². The molecule has 224 valence electrons. The Labute approximate surface area is 245 Å². The summed E-state index contributed by atoms with van der Waals surface area (Å²) >= 11 is 0. The Morgan fingerprint density at radius 1 is 0.976 bits per heavy atom. The molecule has 2 fully saturated rings. The zero-order valence-electron chi connectivity index (χ0n) is 25.3. The lowest BCUT2D eigenvalue weighted by Crippen LogP contribution is -2.46. The number of rotatable bonds is 15. The zero-order chi connectivity index (χ0) is 29.4. The van der Waals surface area contributed by atoms with E-state index in [2.05, 4.69) is 19.2 Å². The van der Waals surface area contributed by atoms with Crippen LogP contribution < -0.4 is 10.1 Å². The fourth-order valence-electron chi connectivity index (χ4n) is 5.65. The first kappa shape index (κ1) is 31.0. The van der Waals surface area contributed by atoms with E-state index in [4.69, 9.17) is 14.2 Å². The van der Waals surface area contributed by atoms with Crippen molar-refractivity contribution in [3.63, 3.8) is 0 Å². The molecule has 0 spiro atoms. The maximum Gasteiger partial charge on any atom is 0.256 e. The van der Waals surface area contributed by atoms with Crippen LogP contribution in [0.3, 0.4) is 0 Å². The van der Waals surface area contributed by atoms with E-state index in [1.807, 2.05) is 65.3 Å². The summed E-state index contributed by atoms with van der Waals surface area (Å²) in [6.45, 7) is 10.2. The van der Waals surface area contributed by atoms with Crippen LogP contribution in [0, 0.1) is 18.8 Å². The van der Waals surface area contributed by atoms with E-state index in [1.165, 1.54) is 0 Å². The number of methoxy groups -OCH3 is 2. The number of amides is 2. The van der Waals surface area contributed by atoms with E-state index >= 15 is 0 Å². The molecule has 0 radical (unpaired) electrons. The number of carbonyl (C=O) groups is 2. The molecule has 2 aromatic rings. The molecule has 2 amide bonds. The number of nitrogens with one attached hydrogen (secondary N) is 1. The molecular formula is C33H47N3O5. The van der Waals surface area contributed by atoms with Crippen molar-refractivity contribution in [3.8, 4) is 5.75 Å². The van der Waals surface area contributed by atoms with Crippen molar-refractivity contribution in [3.05, 3.63) is 65.2 Å². The maximum absolute atomic E-state index is 13.8. The first-order chi connectivity index (χ1) is 19.8. The minimum atomic E-state index is -0.606. The minimum Gasteiger partial charge on any atom is -0.493 e. The number of benzene rings is 2. The van der Waals surface area contributed by atoms with Crippen LogP contribution in [0.5, 0.6) is 5.75 Å². The van der Waals surface area contributed by atoms with Crippen LogP contribution in [-0.4, -0.2) is 87.3 Å². The number of ether oxygens (including phenoxy) is 3. The van der Waals surface area contributed by atoms with Gasteiger partial charge in [0.15, 0.2) is 6.10 Å². The standard InChI is InChI=1S/C33H47N3O5/c1-23(2)35(32(37)26-13-12-24(3)30(18-26)41-17-9-16-39-4)21-27-19-34-20-28(27)22-36(29-14-15-29)33(38)31(40-5)25-10-7-6-8-11-25/h6-8,10-13,18,23,27-29,31,34H,9,14-17,19-22H2,1-5H3/t27-,28-,31?/m0/s1. The van der Waals surface area contributed by atoms with E-state index in [0.29, 0.717) is 31.9 Å². The Morgan fingerprint density at radius 2 is 1.68 bits per heavy atom. The Bertz CT molecular complexity index is 1140. The summed E-state index contributed by atoms with van der Waals surface area (Å²) in [7, 11) is 3.28. The van der Waals surface area contributed by atoms with Gasteiger partial charge in [0, 0.05) is 71.1 Å². The number of aryl methyl sites for hydroxylation is 1. The molecule has 2 aromatic carbocycles. The molecule has 1 heterocycles. The molecular weight excluding hydrogens is 518 g/mol. The molecule has 1 saturated carbocycles. The average molecular weight is 566 g/mol. The van der Waals surface area contributed by atoms with Gasteiger partial charge in [-0.2, -0.15) is 0 Å². The maximum atomic E-state index is 13.8. The molecule has 0 bridgehead atoms. The summed E-state index contributed by atoms with van der Waals surface area (Å²) in [4.78, 5) is 31.6. The van der Waals surface area contributed by atoms with Crippen LogP contribution in [0.4, 0.5) is 0 Å². The highest BCUT2D eigenvalue weighted by Gasteiger charge is 2.40. The van der Waals surface area contributed by atoms with Gasteiger partial charge in [0.1, 0.15) is 5.75 Å². The molecule has 41 heavy (non-hydrogen) atoms. The van der Waals surface area contributed by atoms with Crippen molar-refractivity contribution in [2.45, 2.75) is 58.2 Å². The predicted octanol–water partition coefficient (Wildman–Crippen LogP) is 4.48. The molecule has 4 rings (SSSR count). The van der Waals surface area contributed by atoms with Gasteiger partial charge in [-0.05, 0) is 68.7 Å². The third-order valence-electron chi connectivity index (χ3n) is 8.24. The largest absolute Gasteiger partial charge is 0.493 e. The van der Waals surface area contributed by atoms with Gasteiger partial charge < -0.3 is 29.3 Å². The highest BCUT2D eigenvalue weighted by atomic mass is 16.5. The predicted molar refractivity (Wildman–Crippen MR) is 160 cm³/mol. The molecule has 0 aromatic heterocycles. The van der Waals surface area contributed by atoms with Crippen LogP contribution >= 0.6 is 0 Å². The second-order valence-electron chi connectivity index (χ2n) is 11.7. The Morgan fingerprint density at radius 3 is 2.32 bits per heavy atom. The van der Waals surface area contributed by atoms with Gasteiger partial charge in [-0.15, -0.1) is 0 Å². The fourth-order valence-corrected chi connectivity index (χ4v) is 5.65. The Balaban J connectivity index is 1.45. The van der Waals surface area contributed by atoms with Crippen molar-refractivity contribution in [2.24, 2.45) is 11.8 Å². The van der Waals surface area contributed by atoms with Crippen molar-refractivity contribution in [1.29, 1.82) is 0 Å². The van der Waals surface area contributed by atoms with Gasteiger partial charge in [0.2, 0.25) is 0 Å². The van der Waals surface area contributed by atoms with E-state index in [9.17, 15) is 9.59 Å². The third kappa shape index (κ3) is 8.09. The first-order valence-corrected chi connectivity index (χ1v) is 15.0. The molecule has 1 aliphatic carbocycles. The first-order valence-electron chi connectivity index (χ1n) is 15.0. The summed E-state index contributed by atoms with van der Waals surface area (Å²) in [5.74, 6) is 1.26. The van der Waals surface area contributed by atoms with Gasteiger partial charge in [-0.1, -0.05) is 36.4 Å². The summed E-state index contributed by atoms with van der Waals surface area (Å²) in [6, 6.07) is 15.7. The highest BCUT2D eigenvalue weighted by Crippen LogP contribution is 2.33. The molecule has 8 nitrogen and oxygen atoms in total. The minimum absolute atomic E-state index is 0.00559. The van der Waals surface area contributed by atoms with Gasteiger partial charge in [0.05, 0.1) is 6.61 Å². The van der Waals surface area contributed by atoms with E-state index in [0.717, 1.165) is 49.2 Å². The van der Waals surface area contributed by atoms with Crippen LogP contribution in [-0.2, 0) is 14.3 Å². The summed E-state index contributed by atoms with van der Waals surface area (Å²) in [5, 5.41) is 3.54. The molecule has 3 atom stereocenters. The molecule has 2 aliphatic rings. The fraction of sp³-hybridized carbons (Fsp3) is 0.576. The molecule has 1 aliphatic heterocycles. The number of carbonyl (C=O) groups excluding carboxylic acids is 2. The Hall–Kier alpha value is -2.94. The monoisotopic (exact) mass is 565 g/mol. The van der Waals surface area contributed by atoms with Crippen molar-refractivity contribution < 1.29 is 23.8 Å². The average Bonchev–Trinajstić information content (AvgIpc) is 3.72. The SMILES string of the molecule is COCCCOc1cc(C(=O)N(C[C@@H]2CNC[C@H]2CN(C(=O)C(OC)c2ccccc2)C2CC2)C(C)C)ccc1C. The molecule has 1 N–H and O–H groups in total. The van der Waals surface area contributed by atoms with Crippen LogP contribution in [0.2, 0.25) is 0 Å². The van der Waals surface area contributed by atoms with Crippen LogP contribution in [0.25, 0.3) is 0 Å². The summed E-state index contributed by atoms with van der Waals surface area (Å²) in [5.41, 5.74) is 2.52. The van der Waals surface area contributed by atoms with E-state index in [-0.39, 0.29) is 35.7 Å².